The van der Waals surface area contributed by atoms with Gasteiger partial charge in [0.05, 0.1) is 12.8 Å². The molecular formula is C22H27N3O3. The van der Waals surface area contributed by atoms with E-state index in [1.807, 2.05) is 55.5 Å². The zero-order valence-corrected chi connectivity index (χ0v) is 16.4. The fourth-order valence-electron chi connectivity index (χ4n) is 2.43. The Labute approximate surface area is 166 Å². The summed E-state index contributed by atoms with van der Waals surface area (Å²) < 4.78 is 5.72. The van der Waals surface area contributed by atoms with Crippen molar-refractivity contribution >= 4 is 23.7 Å². The van der Waals surface area contributed by atoms with Gasteiger partial charge < -0.3 is 10.1 Å². The molecule has 2 rings (SSSR count). The minimum Gasteiger partial charge on any atom is -0.493 e. The molecule has 0 radical (unpaired) electrons. The van der Waals surface area contributed by atoms with Crippen LogP contribution in [-0.2, 0) is 9.59 Å². The maximum absolute atomic E-state index is 12.0. The Morgan fingerprint density at radius 2 is 1.75 bits per heavy atom. The molecule has 28 heavy (non-hydrogen) atoms. The van der Waals surface area contributed by atoms with Gasteiger partial charge in [-0.2, -0.15) is 5.10 Å². The second-order valence-electron chi connectivity index (χ2n) is 6.40. The quantitative estimate of drug-likeness (QED) is 0.370. The van der Waals surface area contributed by atoms with Crippen molar-refractivity contribution in [3.63, 3.8) is 0 Å². The molecule has 2 aromatic rings. The maximum Gasteiger partial charge on any atom is 0.240 e. The van der Waals surface area contributed by atoms with E-state index in [0.29, 0.717) is 6.61 Å². The lowest BCUT2D eigenvalue weighted by Crippen LogP contribution is -2.20. The largest absolute Gasteiger partial charge is 0.493 e. The summed E-state index contributed by atoms with van der Waals surface area (Å²) >= 11 is 0. The summed E-state index contributed by atoms with van der Waals surface area (Å²) in [6, 6.07) is 15.0. The number of hydrazone groups is 1. The van der Waals surface area contributed by atoms with Crippen LogP contribution in [0.5, 0.6) is 5.75 Å². The van der Waals surface area contributed by atoms with Crippen molar-refractivity contribution in [1.82, 2.24) is 5.43 Å². The lowest BCUT2D eigenvalue weighted by molar-refractivity contribution is -0.124. The number of hydrogen-bond acceptors (Lipinski definition) is 4. The lowest BCUT2D eigenvalue weighted by atomic mass is 10.2. The van der Waals surface area contributed by atoms with E-state index in [-0.39, 0.29) is 24.7 Å². The topological polar surface area (TPSA) is 79.8 Å². The van der Waals surface area contributed by atoms with Gasteiger partial charge in [-0.15, -0.1) is 0 Å². The molecule has 0 saturated carbocycles. The summed E-state index contributed by atoms with van der Waals surface area (Å²) in [6.07, 6.45) is 3.74. The standard InChI is InChI=1S/C22H27N3O3/c1-3-4-15-28-20-12-8-6-10-18(20)16-23-25-22(27)14-13-21(26)24-19-11-7-5-9-17(19)2/h5-12,16H,3-4,13-15H2,1-2H3,(H,24,26)(H,25,27). The smallest absolute Gasteiger partial charge is 0.240 e. The van der Waals surface area contributed by atoms with Crippen LogP contribution in [0.3, 0.4) is 0 Å². The predicted octanol–water partition coefficient (Wildman–Crippen LogP) is 4.04. The molecule has 0 aromatic heterocycles. The Kier molecular flexibility index (Phi) is 8.72. The predicted molar refractivity (Wildman–Crippen MR) is 112 cm³/mol. The number of nitrogens with one attached hydrogen (secondary N) is 2. The van der Waals surface area contributed by atoms with Gasteiger partial charge in [-0.05, 0) is 37.1 Å². The van der Waals surface area contributed by atoms with Crippen LogP contribution in [0.2, 0.25) is 0 Å². The number of aryl methyl sites for hydroxylation is 1. The zero-order valence-electron chi connectivity index (χ0n) is 16.4. The molecule has 0 bridgehead atoms. The average Bonchev–Trinajstić information content (AvgIpc) is 2.69. The summed E-state index contributed by atoms with van der Waals surface area (Å²) in [5.41, 5.74) is 4.97. The van der Waals surface area contributed by atoms with E-state index in [0.717, 1.165) is 35.4 Å². The lowest BCUT2D eigenvalue weighted by Gasteiger charge is -2.08. The summed E-state index contributed by atoms with van der Waals surface area (Å²) in [4.78, 5) is 23.9. The van der Waals surface area contributed by atoms with Gasteiger partial charge in [0.25, 0.3) is 0 Å². The molecule has 6 heteroatoms. The number of nitrogens with zero attached hydrogens (tertiary/aromatic N) is 1. The highest BCUT2D eigenvalue weighted by atomic mass is 16.5. The second kappa shape index (κ2) is 11.5. The SMILES string of the molecule is CCCCOc1ccccc1C=NNC(=O)CCC(=O)Nc1ccccc1C. The van der Waals surface area contributed by atoms with Gasteiger partial charge in [-0.25, -0.2) is 5.43 Å². The Hall–Kier alpha value is -3.15. The third-order valence-corrected chi connectivity index (χ3v) is 4.07. The fraction of sp³-hybridized carbons (Fsp3) is 0.318. The van der Waals surface area contributed by atoms with Gasteiger partial charge in [0.1, 0.15) is 5.75 Å². The third-order valence-electron chi connectivity index (χ3n) is 4.07. The van der Waals surface area contributed by atoms with Crippen LogP contribution in [0.1, 0.15) is 43.7 Å². The highest BCUT2D eigenvalue weighted by molar-refractivity contribution is 5.94. The fourth-order valence-corrected chi connectivity index (χ4v) is 2.43. The molecule has 0 saturated heterocycles. The Morgan fingerprint density at radius 3 is 2.54 bits per heavy atom. The molecule has 0 aliphatic carbocycles. The van der Waals surface area contributed by atoms with Crippen molar-refractivity contribution in [2.24, 2.45) is 5.10 Å². The summed E-state index contributed by atoms with van der Waals surface area (Å²) in [6.45, 7) is 4.66. The monoisotopic (exact) mass is 381 g/mol. The van der Waals surface area contributed by atoms with Crippen molar-refractivity contribution < 1.29 is 14.3 Å². The van der Waals surface area contributed by atoms with Gasteiger partial charge in [-0.3, -0.25) is 9.59 Å². The van der Waals surface area contributed by atoms with Crippen molar-refractivity contribution in [3.05, 3.63) is 59.7 Å². The average molecular weight is 381 g/mol. The van der Waals surface area contributed by atoms with Crippen LogP contribution in [0.15, 0.2) is 53.6 Å². The number of rotatable bonds is 10. The maximum atomic E-state index is 12.0. The molecule has 2 N–H and O–H groups in total. The van der Waals surface area contributed by atoms with Crippen LogP contribution in [0.4, 0.5) is 5.69 Å². The number of unbranched alkanes of at least 4 members (excludes halogenated alkanes) is 1. The van der Waals surface area contributed by atoms with Crippen LogP contribution >= 0.6 is 0 Å². The van der Waals surface area contributed by atoms with Gasteiger partial charge in [0.2, 0.25) is 11.8 Å². The second-order valence-corrected chi connectivity index (χ2v) is 6.40. The molecular weight excluding hydrogens is 354 g/mol. The first-order valence-corrected chi connectivity index (χ1v) is 9.49. The normalized spacial score (nSPS) is 10.6. The number of carbonyl (C=O) groups is 2. The van der Waals surface area contributed by atoms with E-state index in [1.54, 1.807) is 6.21 Å². The molecule has 0 unspecified atom stereocenters. The zero-order chi connectivity index (χ0) is 20.2. The van der Waals surface area contributed by atoms with E-state index < -0.39 is 0 Å². The number of anilines is 1. The van der Waals surface area contributed by atoms with E-state index in [1.165, 1.54) is 0 Å². The Balaban J connectivity index is 1.78. The molecule has 6 nitrogen and oxygen atoms in total. The molecule has 0 atom stereocenters. The van der Waals surface area contributed by atoms with Crippen molar-refractivity contribution in [2.75, 3.05) is 11.9 Å². The first-order chi connectivity index (χ1) is 13.6. The van der Waals surface area contributed by atoms with Crippen LogP contribution in [0, 0.1) is 6.92 Å². The molecule has 148 valence electrons. The van der Waals surface area contributed by atoms with Crippen LogP contribution in [-0.4, -0.2) is 24.6 Å². The van der Waals surface area contributed by atoms with E-state index in [9.17, 15) is 9.59 Å². The van der Waals surface area contributed by atoms with Crippen LogP contribution < -0.4 is 15.5 Å². The Morgan fingerprint density at radius 1 is 1.04 bits per heavy atom. The van der Waals surface area contributed by atoms with E-state index >= 15 is 0 Å². The number of carbonyl (C=O) groups excluding carboxylic acids is 2. The molecule has 0 spiro atoms. The van der Waals surface area contributed by atoms with Crippen LogP contribution in [0.25, 0.3) is 0 Å². The van der Waals surface area contributed by atoms with E-state index in [2.05, 4.69) is 22.8 Å². The van der Waals surface area contributed by atoms with Gasteiger partial charge in [-0.1, -0.05) is 43.7 Å². The first kappa shape index (κ1) is 21.2. The summed E-state index contributed by atoms with van der Waals surface area (Å²) in [5.74, 6) is 0.204. The van der Waals surface area contributed by atoms with Crippen molar-refractivity contribution in [1.29, 1.82) is 0 Å². The number of ether oxygens (including phenoxy) is 1. The minimum absolute atomic E-state index is 0.0592. The molecule has 0 fully saturated rings. The minimum atomic E-state index is -0.319. The molecule has 0 aliphatic heterocycles. The number of para-hydroxylation sites is 2. The van der Waals surface area contributed by atoms with E-state index in [4.69, 9.17) is 4.74 Å². The molecule has 0 heterocycles. The summed E-state index contributed by atoms with van der Waals surface area (Å²) in [7, 11) is 0. The van der Waals surface area contributed by atoms with Crippen molar-refractivity contribution in [2.45, 2.75) is 39.5 Å². The number of amides is 2. The van der Waals surface area contributed by atoms with Gasteiger partial charge in [0.15, 0.2) is 0 Å². The van der Waals surface area contributed by atoms with Gasteiger partial charge in [0, 0.05) is 24.1 Å². The van der Waals surface area contributed by atoms with Crippen molar-refractivity contribution in [3.8, 4) is 5.75 Å². The number of benzene rings is 2. The summed E-state index contributed by atoms with van der Waals surface area (Å²) in [5, 5.41) is 6.78. The Bertz CT molecular complexity index is 818. The van der Waals surface area contributed by atoms with Gasteiger partial charge >= 0.3 is 0 Å². The number of hydrogen-bond donors (Lipinski definition) is 2. The third kappa shape index (κ3) is 7.23. The molecule has 0 aliphatic rings. The highest BCUT2D eigenvalue weighted by Crippen LogP contribution is 2.16. The highest BCUT2D eigenvalue weighted by Gasteiger charge is 2.08. The molecule has 2 aromatic carbocycles. The molecule has 2 amide bonds. The first-order valence-electron chi connectivity index (χ1n) is 9.49.